The molecule has 0 saturated heterocycles. The van der Waals surface area contributed by atoms with E-state index < -0.39 is 0 Å². The summed E-state index contributed by atoms with van der Waals surface area (Å²) in [7, 11) is 0. The van der Waals surface area contributed by atoms with Crippen LogP contribution in [-0.4, -0.2) is 15.7 Å². The maximum atomic E-state index is 5.93. The molecule has 0 amide bonds. The molecule has 3 nitrogen and oxygen atoms in total. The topological polar surface area (TPSA) is 27.1 Å². The Bertz CT molecular complexity index is 687. The van der Waals surface area contributed by atoms with Gasteiger partial charge in [-0.15, -0.1) is 6.42 Å². The number of nitrogens with zero attached hydrogens (tertiary/aromatic N) is 2. The molecule has 1 aromatic carbocycles. The molecule has 1 saturated carbocycles. The summed E-state index contributed by atoms with van der Waals surface area (Å²) in [5.74, 6) is 5.32. The van der Waals surface area contributed by atoms with Gasteiger partial charge in [-0.3, -0.25) is 0 Å². The van der Waals surface area contributed by atoms with E-state index >= 15 is 0 Å². The number of para-hydroxylation sites is 1. The zero-order valence-electron chi connectivity index (χ0n) is 13.5. The van der Waals surface area contributed by atoms with Gasteiger partial charge in [0.1, 0.15) is 17.1 Å². The number of imidazole rings is 1. The highest BCUT2D eigenvalue weighted by Crippen LogP contribution is 2.36. The first kappa shape index (κ1) is 15.0. The van der Waals surface area contributed by atoms with Gasteiger partial charge in [0, 0.05) is 5.92 Å². The van der Waals surface area contributed by atoms with E-state index in [2.05, 4.69) is 16.6 Å². The van der Waals surface area contributed by atoms with Crippen molar-refractivity contribution in [3.05, 3.63) is 24.0 Å². The second kappa shape index (κ2) is 6.44. The highest BCUT2D eigenvalue weighted by molar-refractivity contribution is 5.82. The van der Waals surface area contributed by atoms with Crippen LogP contribution in [0.15, 0.2) is 18.2 Å². The number of terminal acetylenes is 1. The monoisotopic (exact) mass is 296 g/mol. The highest BCUT2D eigenvalue weighted by atomic mass is 16.5. The molecule has 0 N–H and O–H groups in total. The lowest BCUT2D eigenvalue weighted by Gasteiger charge is -2.21. The van der Waals surface area contributed by atoms with E-state index in [1.54, 1.807) is 0 Å². The van der Waals surface area contributed by atoms with Crippen LogP contribution >= 0.6 is 0 Å². The zero-order chi connectivity index (χ0) is 15.5. The minimum atomic E-state index is 0.140. The summed E-state index contributed by atoms with van der Waals surface area (Å²) < 4.78 is 8.14. The van der Waals surface area contributed by atoms with Crippen LogP contribution < -0.4 is 4.74 Å². The van der Waals surface area contributed by atoms with Gasteiger partial charge in [-0.2, -0.15) is 0 Å². The van der Waals surface area contributed by atoms with E-state index in [1.165, 1.54) is 32.1 Å². The van der Waals surface area contributed by atoms with Crippen LogP contribution in [0.25, 0.3) is 11.0 Å². The van der Waals surface area contributed by atoms with Crippen molar-refractivity contribution < 1.29 is 4.74 Å². The average Bonchev–Trinajstić information content (AvgIpc) is 2.88. The summed E-state index contributed by atoms with van der Waals surface area (Å²) in [6, 6.07) is 6.12. The molecule has 22 heavy (non-hydrogen) atoms. The lowest BCUT2D eigenvalue weighted by molar-refractivity contribution is 0.245. The van der Waals surface area contributed by atoms with Gasteiger partial charge in [0.05, 0.1) is 18.2 Å². The van der Waals surface area contributed by atoms with Crippen molar-refractivity contribution in [1.82, 2.24) is 9.55 Å². The molecular weight excluding hydrogens is 272 g/mol. The Balaban J connectivity index is 2.10. The number of hydrogen-bond acceptors (Lipinski definition) is 2. The van der Waals surface area contributed by atoms with Crippen molar-refractivity contribution in [2.75, 3.05) is 0 Å². The summed E-state index contributed by atoms with van der Waals surface area (Å²) in [5, 5.41) is 0. The standard InChI is InChI=1S/C19H24N2O/c1-4-13-21-16-11-8-12-17(22-14(2)3)18(16)20-19(21)15-9-6-5-7-10-15/h1,8,11-12,14-15H,5-7,9-10,13H2,2-3H3. The van der Waals surface area contributed by atoms with Crippen molar-refractivity contribution in [2.24, 2.45) is 0 Å². The number of fused-ring (bicyclic) bond motifs is 1. The van der Waals surface area contributed by atoms with Crippen molar-refractivity contribution in [2.45, 2.75) is 64.5 Å². The first-order valence-corrected chi connectivity index (χ1v) is 8.30. The van der Waals surface area contributed by atoms with Crippen LogP contribution in [0.1, 0.15) is 57.7 Å². The molecule has 116 valence electrons. The van der Waals surface area contributed by atoms with Crippen LogP contribution in [0.2, 0.25) is 0 Å². The molecule has 1 aromatic heterocycles. The van der Waals surface area contributed by atoms with Crippen molar-refractivity contribution in [3.8, 4) is 18.1 Å². The predicted octanol–water partition coefficient (Wildman–Crippen LogP) is 4.50. The molecule has 0 aliphatic heterocycles. The van der Waals surface area contributed by atoms with E-state index in [4.69, 9.17) is 16.1 Å². The van der Waals surface area contributed by atoms with E-state index in [1.807, 2.05) is 26.0 Å². The first-order chi connectivity index (χ1) is 10.7. The van der Waals surface area contributed by atoms with Crippen molar-refractivity contribution in [3.63, 3.8) is 0 Å². The second-order valence-electron chi connectivity index (χ2n) is 6.39. The smallest absolute Gasteiger partial charge is 0.147 e. The Morgan fingerprint density at radius 2 is 2.09 bits per heavy atom. The van der Waals surface area contributed by atoms with Gasteiger partial charge >= 0.3 is 0 Å². The third-order valence-corrected chi connectivity index (χ3v) is 4.35. The molecule has 2 aromatic rings. The molecule has 0 spiro atoms. The quantitative estimate of drug-likeness (QED) is 0.776. The number of aromatic nitrogens is 2. The Kier molecular flexibility index (Phi) is 4.38. The number of hydrogen-bond donors (Lipinski definition) is 0. The molecule has 1 aliphatic carbocycles. The van der Waals surface area contributed by atoms with E-state index in [9.17, 15) is 0 Å². The van der Waals surface area contributed by atoms with Crippen LogP contribution in [0, 0.1) is 12.3 Å². The summed E-state index contributed by atoms with van der Waals surface area (Å²) in [5.41, 5.74) is 2.05. The van der Waals surface area contributed by atoms with E-state index in [-0.39, 0.29) is 6.10 Å². The molecule has 0 radical (unpaired) electrons. The number of benzene rings is 1. The predicted molar refractivity (Wildman–Crippen MR) is 90.2 cm³/mol. The van der Waals surface area contributed by atoms with Crippen LogP contribution in [-0.2, 0) is 6.54 Å². The third kappa shape index (κ3) is 2.83. The van der Waals surface area contributed by atoms with Gasteiger partial charge in [-0.1, -0.05) is 31.2 Å². The zero-order valence-corrected chi connectivity index (χ0v) is 13.5. The van der Waals surface area contributed by atoms with Crippen LogP contribution in [0.5, 0.6) is 5.75 Å². The summed E-state index contributed by atoms with van der Waals surface area (Å²) >= 11 is 0. The first-order valence-electron chi connectivity index (χ1n) is 8.30. The molecule has 0 bridgehead atoms. The Labute approximate surface area is 132 Å². The summed E-state index contributed by atoms with van der Waals surface area (Å²) in [6.45, 7) is 4.66. The fourth-order valence-corrected chi connectivity index (χ4v) is 3.42. The van der Waals surface area contributed by atoms with Crippen molar-refractivity contribution in [1.29, 1.82) is 0 Å². The number of ether oxygens (including phenoxy) is 1. The van der Waals surface area contributed by atoms with Gasteiger partial charge in [0.2, 0.25) is 0 Å². The SMILES string of the molecule is C#CCn1c(C2CCCCC2)nc2c(OC(C)C)cccc21. The Hall–Kier alpha value is -1.95. The van der Waals surface area contributed by atoms with E-state index in [0.29, 0.717) is 12.5 Å². The van der Waals surface area contributed by atoms with Crippen LogP contribution in [0.4, 0.5) is 0 Å². The lowest BCUT2D eigenvalue weighted by atomic mass is 9.88. The largest absolute Gasteiger partial charge is 0.489 e. The maximum absolute atomic E-state index is 5.93. The molecular formula is C19H24N2O. The molecule has 1 fully saturated rings. The van der Waals surface area contributed by atoms with Crippen molar-refractivity contribution >= 4 is 11.0 Å². The third-order valence-electron chi connectivity index (χ3n) is 4.35. The molecule has 1 aliphatic rings. The molecule has 1 heterocycles. The highest BCUT2D eigenvalue weighted by Gasteiger charge is 2.23. The lowest BCUT2D eigenvalue weighted by Crippen LogP contribution is -2.12. The van der Waals surface area contributed by atoms with Gasteiger partial charge in [-0.05, 0) is 38.8 Å². The van der Waals surface area contributed by atoms with Gasteiger partial charge in [-0.25, -0.2) is 4.98 Å². The summed E-state index contributed by atoms with van der Waals surface area (Å²) in [4.78, 5) is 4.95. The fraction of sp³-hybridized carbons (Fsp3) is 0.526. The normalized spacial score (nSPS) is 16.1. The van der Waals surface area contributed by atoms with Gasteiger partial charge in [0.25, 0.3) is 0 Å². The minimum absolute atomic E-state index is 0.140. The van der Waals surface area contributed by atoms with Gasteiger partial charge in [0.15, 0.2) is 0 Å². The minimum Gasteiger partial charge on any atom is -0.489 e. The summed E-state index contributed by atoms with van der Waals surface area (Å²) in [6.07, 6.45) is 12.1. The second-order valence-corrected chi connectivity index (χ2v) is 6.39. The Morgan fingerprint density at radius 1 is 1.32 bits per heavy atom. The molecule has 3 heteroatoms. The molecule has 0 atom stereocenters. The Morgan fingerprint density at radius 3 is 2.77 bits per heavy atom. The molecule has 0 unspecified atom stereocenters. The maximum Gasteiger partial charge on any atom is 0.147 e. The number of rotatable bonds is 4. The van der Waals surface area contributed by atoms with Gasteiger partial charge < -0.3 is 9.30 Å². The fourth-order valence-electron chi connectivity index (χ4n) is 3.42. The molecule has 3 rings (SSSR count). The average molecular weight is 296 g/mol. The van der Waals surface area contributed by atoms with E-state index in [0.717, 1.165) is 22.6 Å². The van der Waals surface area contributed by atoms with Crippen LogP contribution in [0.3, 0.4) is 0 Å².